The molecule has 1 fully saturated rings. The third kappa shape index (κ3) is 4.03. The summed E-state index contributed by atoms with van der Waals surface area (Å²) in [4.78, 5) is 0. The van der Waals surface area contributed by atoms with E-state index in [1.807, 2.05) is 6.92 Å². The molecule has 0 spiro atoms. The highest BCUT2D eigenvalue weighted by molar-refractivity contribution is 7.89. The summed E-state index contributed by atoms with van der Waals surface area (Å²) in [6.45, 7) is 9.00. The van der Waals surface area contributed by atoms with Crippen LogP contribution < -0.4 is 5.32 Å². The second kappa shape index (κ2) is 5.98. The van der Waals surface area contributed by atoms with E-state index in [1.54, 1.807) is 4.31 Å². The topological polar surface area (TPSA) is 49.4 Å². The number of nitrogens with one attached hydrogen (secondary N) is 1. The van der Waals surface area contributed by atoms with Crippen molar-refractivity contribution >= 4 is 10.0 Å². The largest absolute Gasteiger partial charge is 0.316 e. The van der Waals surface area contributed by atoms with Crippen LogP contribution in [0.4, 0.5) is 0 Å². The van der Waals surface area contributed by atoms with Crippen molar-refractivity contribution in [1.82, 2.24) is 9.62 Å². The van der Waals surface area contributed by atoms with Gasteiger partial charge in [-0.2, -0.15) is 0 Å². The zero-order valence-corrected chi connectivity index (χ0v) is 11.4. The van der Waals surface area contributed by atoms with Crippen LogP contribution in [0.3, 0.4) is 0 Å². The summed E-state index contributed by atoms with van der Waals surface area (Å²) in [6.07, 6.45) is 1.14. The summed E-state index contributed by atoms with van der Waals surface area (Å²) in [5.41, 5.74) is 0. The third-order valence-electron chi connectivity index (χ3n) is 3.02. The second-order valence-corrected chi connectivity index (χ2v) is 7.02. The summed E-state index contributed by atoms with van der Waals surface area (Å²) in [5.74, 6) is 1.19. The fraction of sp³-hybridized carbons (Fsp3) is 1.00. The number of hydrogen-bond acceptors (Lipinski definition) is 3. The molecule has 0 aromatic rings. The smallest absolute Gasteiger partial charge is 0.215 e. The van der Waals surface area contributed by atoms with Gasteiger partial charge in [0.2, 0.25) is 10.0 Å². The van der Waals surface area contributed by atoms with Crippen molar-refractivity contribution in [3.05, 3.63) is 0 Å². The van der Waals surface area contributed by atoms with Gasteiger partial charge in [0, 0.05) is 19.6 Å². The highest BCUT2D eigenvalue weighted by Crippen LogP contribution is 2.23. The van der Waals surface area contributed by atoms with E-state index in [-0.39, 0.29) is 5.75 Å². The van der Waals surface area contributed by atoms with E-state index in [9.17, 15) is 8.42 Å². The van der Waals surface area contributed by atoms with Gasteiger partial charge in [-0.25, -0.2) is 12.7 Å². The van der Waals surface area contributed by atoms with E-state index in [2.05, 4.69) is 19.2 Å². The van der Waals surface area contributed by atoms with Gasteiger partial charge in [0.05, 0.1) is 5.75 Å². The molecule has 96 valence electrons. The Hall–Kier alpha value is -0.130. The fourth-order valence-electron chi connectivity index (χ4n) is 2.34. The second-order valence-electron chi connectivity index (χ2n) is 4.93. The average Bonchev–Trinajstić information content (AvgIpc) is 2.16. The summed E-state index contributed by atoms with van der Waals surface area (Å²) < 4.78 is 25.7. The molecule has 5 heteroatoms. The lowest BCUT2D eigenvalue weighted by Crippen LogP contribution is -2.44. The van der Waals surface area contributed by atoms with Gasteiger partial charge < -0.3 is 5.32 Å². The van der Waals surface area contributed by atoms with Gasteiger partial charge in [0.15, 0.2) is 0 Å². The zero-order chi connectivity index (χ0) is 12.2. The van der Waals surface area contributed by atoms with E-state index in [1.165, 1.54) is 0 Å². The molecule has 16 heavy (non-hydrogen) atoms. The van der Waals surface area contributed by atoms with Gasteiger partial charge in [-0.1, -0.05) is 20.8 Å². The van der Waals surface area contributed by atoms with Crippen molar-refractivity contribution in [3.8, 4) is 0 Å². The molecule has 1 N–H and O–H groups in total. The van der Waals surface area contributed by atoms with E-state index in [0.717, 1.165) is 13.0 Å². The van der Waals surface area contributed by atoms with Crippen LogP contribution in [0.1, 0.15) is 27.2 Å². The maximum atomic E-state index is 12.0. The van der Waals surface area contributed by atoms with Crippen LogP contribution in [0.5, 0.6) is 0 Å². The Morgan fingerprint density at radius 2 is 1.81 bits per heavy atom. The SMILES string of the molecule is CCNCCS(=O)(=O)N1CC(C)CC(C)C1. The highest BCUT2D eigenvalue weighted by atomic mass is 32.2. The van der Waals surface area contributed by atoms with Crippen LogP contribution in [0, 0.1) is 11.8 Å². The molecule has 0 saturated carbocycles. The van der Waals surface area contributed by atoms with Crippen molar-refractivity contribution in [3.63, 3.8) is 0 Å². The van der Waals surface area contributed by atoms with Crippen molar-refractivity contribution in [1.29, 1.82) is 0 Å². The summed E-state index contributed by atoms with van der Waals surface area (Å²) in [6, 6.07) is 0. The Kier molecular flexibility index (Phi) is 5.21. The maximum Gasteiger partial charge on any atom is 0.215 e. The zero-order valence-electron chi connectivity index (χ0n) is 10.6. The van der Waals surface area contributed by atoms with Crippen LogP contribution in [0.2, 0.25) is 0 Å². The molecule has 2 unspecified atom stereocenters. The van der Waals surface area contributed by atoms with Crippen LogP contribution in [0.15, 0.2) is 0 Å². The summed E-state index contributed by atoms with van der Waals surface area (Å²) in [5, 5.41) is 3.06. The number of nitrogens with zero attached hydrogens (tertiary/aromatic N) is 1. The monoisotopic (exact) mass is 248 g/mol. The predicted molar refractivity (Wildman–Crippen MR) is 66.8 cm³/mol. The Morgan fingerprint density at radius 1 is 1.25 bits per heavy atom. The van der Waals surface area contributed by atoms with Crippen molar-refractivity contribution in [2.45, 2.75) is 27.2 Å². The number of sulfonamides is 1. The molecule has 1 rings (SSSR count). The molecule has 4 nitrogen and oxygen atoms in total. The molecule has 0 aromatic carbocycles. The van der Waals surface area contributed by atoms with Crippen molar-refractivity contribution in [2.24, 2.45) is 11.8 Å². The van der Waals surface area contributed by atoms with Crippen LogP contribution in [-0.2, 0) is 10.0 Å². The third-order valence-corrected chi connectivity index (χ3v) is 4.82. The highest BCUT2D eigenvalue weighted by Gasteiger charge is 2.29. The predicted octanol–water partition coefficient (Wildman–Crippen LogP) is 0.904. The van der Waals surface area contributed by atoms with Crippen LogP contribution in [0.25, 0.3) is 0 Å². The molecular formula is C11H24N2O2S. The molecule has 0 aromatic heterocycles. The molecule has 0 amide bonds. The number of rotatable bonds is 5. The molecular weight excluding hydrogens is 224 g/mol. The normalized spacial score (nSPS) is 28.2. The van der Waals surface area contributed by atoms with E-state index >= 15 is 0 Å². The van der Waals surface area contributed by atoms with Gasteiger partial charge in [0.1, 0.15) is 0 Å². The Morgan fingerprint density at radius 3 is 2.31 bits per heavy atom. The molecule has 1 heterocycles. The summed E-state index contributed by atoms with van der Waals surface area (Å²) >= 11 is 0. The van der Waals surface area contributed by atoms with Gasteiger partial charge in [-0.05, 0) is 24.8 Å². The van der Waals surface area contributed by atoms with Gasteiger partial charge >= 0.3 is 0 Å². The molecule has 2 atom stereocenters. The first-order valence-electron chi connectivity index (χ1n) is 6.14. The lowest BCUT2D eigenvalue weighted by molar-refractivity contribution is 0.222. The molecule has 0 bridgehead atoms. The first kappa shape index (κ1) is 13.9. The number of hydrogen-bond donors (Lipinski definition) is 1. The Bertz CT molecular complexity index is 293. The standard InChI is InChI=1S/C11H24N2O2S/c1-4-12-5-6-16(14,15)13-8-10(2)7-11(3)9-13/h10-12H,4-9H2,1-3H3. The van der Waals surface area contributed by atoms with Crippen molar-refractivity contribution in [2.75, 3.05) is 31.9 Å². The van der Waals surface area contributed by atoms with Crippen LogP contribution in [-0.4, -0.2) is 44.7 Å². The Balaban J connectivity index is 2.53. The number of piperidine rings is 1. The quantitative estimate of drug-likeness (QED) is 0.736. The molecule has 1 aliphatic rings. The molecule has 1 saturated heterocycles. The minimum atomic E-state index is -3.05. The molecule has 1 aliphatic heterocycles. The Labute approximate surface area is 99.5 Å². The lowest BCUT2D eigenvalue weighted by atomic mass is 9.94. The van der Waals surface area contributed by atoms with Crippen molar-refractivity contribution < 1.29 is 8.42 Å². The fourth-order valence-corrected chi connectivity index (χ4v) is 3.96. The maximum absolute atomic E-state index is 12.0. The first-order chi connectivity index (χ1) is 7.45. The lowest BCUT2D eigenvalue weighted by Gasteiger charge is -2.34. The van der Waals surface area contributed by atoms with E-state index in [4.69, 9.17) is 0 Å². The van der Waals surface area contributed by atoms with Crippen LogP contribution >= 0.6 is 0 Å². The summed E-state index contributed by atoms with van der Waals surface area (Å²) in [7, 11) is -3.05. The minimum absolute atomic E-state index is 0.222. The van der Waals surface area contributed by atoms with E-state index < -0.39 is 10.0 Å². The van der Waals surface area contributed by atoms with E-state index in [0.29, 0.717) is 31.5 Å². The van der Waals surface area contributed by atoms with Gasteiger partial charge in [-0.15, -0.1) is 0 Å². The van der Waals surface area contributed by atoms with Gasteiger partial charge in [-0.3, -0.25) is 0 Å². The first-order valence-corrected chi connectivity index (χ1v) is 7.75. The average molecular weight is 248 g/mol. The van der Waals surface area contributed by atoms with Gasteiger partial charge in [0.25, 0.3) is 0 Å². The molecule has 0 radical (unpaired) electrons. The molecule has 0 aliphatic carbocycles. The minimum Gasteiger partial charge on any atom is -0.316 e.